The molecule has 4 nitrogen and oxygen atoms in total. The Labute approximate surface area is 85.4 Å². The van der Waals surface area contributed by atoms with Crippen LogP contribution in [0.2, 0.25) is 0 Å². The number of ether oxygens (including phenoxy) is 1. The minimum Gasteiger partial charge on any atom is -0.380 e. The topological polar surface area (TPSA) is 50.4 Å². The molecule has 0 saturated carbocycles. The summed E-state index contributed by atoms with van der Waals surface area (Å²) in [5.74, 6) is 0.0607. The maximum atomic E-state index is 11.3. The van der Waals surface area contributed by atoms with Crippen molar-refractivity contribution in [2.75, 3.05) is 19.8 Å². The summed E-state index contributed by atoms with van der Waals surface area (Å²) in [7, 11) is 0. The van der Waals surface area contributed by atoms with E-state index in [-0.39, 0.29) is 11.9 Å². The van der Waals surface area contributed by atoms with Crippen molar-refractivity contribution in [1.82, 2.24) is 10.6 Å². The summed E-state index contributed by atoms with van der Waals surface area (Å²) in [5, 5.41) is 6.03. The first-order valence-electron chi connectivity index (χ1n) is 5.29. The Kier molecular flexibility index (Phi) is 4.90. The maximum absolute atomic E-state index is 11.3. The third-order valence-electron chi connectivity index (χ3n) is 2.16. The summed E-state index contributed by atoms with van der Waals surface area (Å²) in [4.78, 5) is 11.3. The molecule has 1 aliphatic heterocycles. The van der Waals surface area contributed by atoms with Crippen molar-refractivity contribution < 1.29 is 9.53 Å². The molecule has 82 valence electrons. The van der Waals surface area contributed by atoms with Gasteiger partial charge in [0, 0.05) is 18.7 Å². The third-order valence-corrected chi connectivity index (χ3v) is 2.16. The van der Waals surface area contributed by atoms with Gasteiger partial charge in [-0.05, 0) is 26.7 Å². The third kappa shape index (κ3) is 4.58. The predicted octanol–water partition coefficient (Wildman–Crippen LogP) is 0.280. The molecule has 1 aliphatic rings. The van der Waals surface area contributed by atoms with Crippen LogP contribution in [0.3, 0.4) is 0 Å². The lowest BCUT2D eigenvalue weighted by Gasteiger charge is -2.23. The molecule has 0 aromatic heterocycles. The molecule has 0 spiro atoms. The van der Waals surface area contributed by atoms with Crippen LogP contribution in [0.25, 0.3) is 0 Å². The number of nitrogens with one attached hydrogen (secondary N) is 2. The maximum Gasteiger partial charge on any atom is 0.234 e. The van der Waals surface area contributed by atoms with Gasteiger partial charge in [-0.15, -0.1) is 0 Å². The number of amides is 1. The Morgan fingerprint density at radius 1 is 1.57 bits per heavy atom. The Hall–Kier alpha value is -0.610. The highest BCUT2D eigenvalue weighted by Gasteiger charge is 2.14. The zero-order valence-electron chi connectivity index (χ0n) is 9.01. The van der Waals surface area contributed by atoms with E-state index in [4.69, 9.17) is 4.74 Å². The average molecular weight is 200 g/mol. The van der Waals surface area contributed by atoms with Gasteiger partial charge in [0.05, 0.1) is 13.2 Å². The number of carbonyl (C=O) groups excluding carboxylic acids is 1. The fourth-order valence-electron chi connectivity index (χ4n) is 1.51. The Bertz CT molecular complexity index is 177. The van der Waals surface area contributed by atoms with Gasteiger partial charge in [0.1, 0.15) is 0 Å². The SMILES string of the molecule is CC(C)NC(=O)CNC1CCCOC1. The van der Waals surface area contributed by atoms with Crippen molar-refractivity contribution in [3.05, 3.63) is 0 Å². The fraction of sp³-hybridized carbons (Fsp3) is 0.900. The number of rotatable bonds is 4. The largest absolute Gasteiger partial charge is 0.380 e. The van der Waals surface area contributed by atoms with E-state index in [2.05, 4.69) is 10.6 Å². The number of carbonyl (C=O) groups is 1. The Morgan fingerprint density at radius 2 is 2.36 bits per heavy atom. The van der Waals surface area contributed by atoms with Crippen LogP contribution in [0.1, 0.15) is 26.7 Å². The van der Waals surface area contributed by atoms with Crippen molar-refractivity contribution >= 4 is 5.91 Å². The molecule has 0 aliphatic carbocycles. The minimum absolute atomic E-state index is 0.0607. The van der Waals surface area contributed by atoms with Gasteiger partial charge < -0.3 is 15.4 Å². The zero-order chi connectivity index (χ0) is 10.4. The van der Waals surface area contributed by atoms with Crippen LogP contribution in [0.5, 0.6) is 0 Å². The van der Waals surface area contributed by atoms with Crippen LogP contribution in [-0.2, 0) is 9.53 Å². The van der Waals surface area contributed by atoms with Crippen molar-refractivity contribution in [1.29, 1.82) is 0 Å². The first kappa shape index (κ1) is 11.5. The van der Waals surface area contributed by atoms with Crippen molar-refractivity contribution in [2.45, 2.75) is 38.8 Å². The number of hydrogen-bond acceptors (Lipinski definition) is 3. The van der Waals surface area contributed by atoms with Gasteiger partial charge >= 0.3 is 0 Å². The highest BCUT2D eigenvalue weighted by Crippen LogP contribution is 2.04. The molecule has 14 heavy (non-hydrogen) atoms. The highest BCUT2D eigenvalue weighted by molar-refractivity contribution is 5.78. The van der Waals surface area contributed by atoms with E-state index >= 15 is 0 Å². The van der Waals surface area contributed by atoms with E-state index < -0.39 is 0 Å². The van der Waals surface area contributed by atoms with Crippen molar-refractivity contribution in [3.63, 3.8) is 0 Å². The van der Waals surface area contributed by atoms with Gasteiger partial charge in [-0.2, -0.15) is 0 Å². The first-order valence-corrected chi connectivity index (χ1v) is 5.29. The predicted molar refractivity (Wildman–Crippen MR) is 55.1 cm³/mol. The zero-order valence-corrected chi connectivity index (χ0v) is 9.01. The molecule has 0 aromatic rings. The summed E-state index contributed by atoms with van der Waals surface area (Å²) in [5.41, 5.74) is 0. The van der Waals surface area contributed by atoms with E-state index in [0.717, 1.165) is 26.1 Å². The van der Waals surface area contributed by atoms with Crippen LogP contribution in [-0.4, -0.2) is 37.7 Å². The van der Waals surface area contributed by atoms with Crippen LogP contribution in [0.4, 0.5) is 0 Å². The fourth-order valence-corrected chi connectivity index (χ4v) is 1.51. The molecule has 1 heterocycles. The van der Waals surface area contributed by atoms with Crippen molar-refractivity contribution in [3.8, 4) is 0 Å². The molecule has 2 N–H and O–H groups in total. The first-order chi connectivity index (χ1) is 6.68. The normalized spacial score (nSPS) is 22.4. The van der Waals surface area contributed by atoms with E-state index in [1.165, 1.54) is 0 Å². The summed E-state index contributed by atoms with van der Waals surface area (Å²) in [6.45, 7) is 5.90. The smallest absolute Gasteiger partial charge is 0.234 e. The average Bonchev–Trinajstić information content (AvgIpc) is 2.15. The summed E-state index contributed by atoms with van der Waals surface area (Å²) < 4.78 is 5.30. The van der Waals surface area contributed by atoms with Crippen molar-refractivity contribution in [2.24, 2.45) is 0 Å². The molecule has 4 heteroatoms. The second-order valence-electron chi connectivity index (χ2n) is 4.02. The van der Waals surface area contributed by atoms with Gasteiger partial charge in [-0.1, -0.05) is 0 Å². The van der Waals surface area contributed by atoms with Crippen LogP contribution < -0.4 is 10.6 Å². The summed E-state index contributed by atoms with van der Waals surface area (Å²) >= 11 is 0. The molecule has 1 fully saturated rings. The van der Waals surface area contributed by atoms with Crippen LogP contribution in [0, 0.1) is 0 Å². The Balaban J connectivity index is 2.09. The quantitative estimate of drug-likeness (QED) is 0.685. The molecule has 1 amide bonds. The van der Waals surface area contributed by atoms with E-state index in [1.54, 1.807) is 0 Å². The highest BCUT2D eigenvalue weighted by atomic mass is 16.5. The number of hydrogen-bond donors (Lipinski definition) is 2. The molecule has 1 atom stereocenters. The minimum atomic E-state index is 0.0607. The standard InChI is InChI=1S/C10H20N2O2/c1-8(2)12-10(13)6-11-9-4-3-5-14-7-9/h8-9,11H,3-7H2,1-2H3,(H,12,13). The van der Waals surface area contributed by atoms with E-state index in [0.29, 0.717) is 12.6 Å². The van der Waals surface area contributed by atoms with Gasteiger partial charge in [-0.25, -0.2) is 0 Å². The van der Waals surface area contributed by atoms with E-state index in [9.17, 15) is 4.79 Å². The van der Waals surface area contributed by atoms with Crippen LogP contribution in [0.15, 0.2) is 0 Å². The van der Waals surface area contributed by atoms with Gasteiger partial charge in [-0.3, -0.25) is 4.79 Å². The van der Waals surface area contributed by atoms with Crippen LogP contribution >= 0.6 is 0 Å². The molecular formula is C10H20N2O2. The van der Waals surface area contributed by atoms with E-state index in [1.807, 2.05) is 13.8 Å². The Morgan fingerprint density at radius 3 is 2.93 bits per heavy atom. The molecule has 0 radical (unpaired) electrons. The molecular weight excluding hydrogens is 180 g/mol. The second kappa shape index (κ2) is 5.98. The van der Waals surface area contributed by atoms with Gasteiger partial charge in [0.15, 0.2) is 0 Å². The van der Waals surface area contributed by atoms with Gasteiger partial charge in [0.25, 0.3) is 0 Å². The molecule has 0 bridgehead atoms. The summed E-state index contributed by atoms with van der Waals surface area (Å²) in [6.07, 6.45) is 2.19. The molecule has 1 saturated heterocycles. The summed E-state index contributed by atoms with van der Waals surface area (Å²) in [6, 6.07) is 0.563. The lowest BCUT2D eigenvalue weighted by Crippen LogP contribution is -2.44. The lowest BCUT2D eigenvalue weighted by atomic mass is 10.1. The monoisotopic (exact) mass is 200 g/mol. The molecule has 1 rings (SSSR count). The molecule has 1 unspecified atom stereocenters. The second-order valence-corrected chi connectivity index (χ2v) is 4.02. The lowest BCUT2D eigenvalue weighted by molar-refractivity contribution is -0.121. The van der Waals surface area contributed by atoms with Gasteiger partial charge in [0.2, 0.25) is 5.91 Å². The molecule has 0 aromatic carbocycles.